The summed E-state index contributed by atoms with van der Waals surface area (Å²) in [6.07, 6.45) is 5.36. The lowest BCUT2D eigenvalue weighted by Crippen LogP contribution is -2.31. The molecule has 0 spiro atoms. The summed E-state index contributed by atoms with van der Waals surface area (Å²) in [5.74, 6) is 3.02. The first kappa shape index (κ1) is 17.5. The van der Waals surface area contributed by atoms with Gasteiger partial charge in [-0.1, -0.05) is 40.0 Å². The fourth-order valence-electron chi connectivity index (χ4n) is 2.13. The van der Waals surface area contributed by atoms with Crippen LogP contribution in [0.15, 0.2) is 57.9 Å². The lowest BCUT2D eigenvalue weighted by Gasteiger charge is -2.21. The lowest BCUT2D eigenvalue weighted by molar-refractivity contribution is 0.392. The maximum absolute atomic E-state index is 12.8. The SMILES string of the molecule is C#CCN(Cc1cc(Br)ccc1OC)S(=O)(=O)c1ccccc1. The Kier molecular flexibility index (Phi) is 5.83. The summed E-state index contributed by atoms with van der Waals surface area (Å²) in [5.41, 5.74) is 0.733. The van der Waals surface area contributed by atoms with Crippen molar-refractivity contribution in [2.75, 3.05) is 13.7 Å². The molecule has 0 N–H and O–H groups in total. The smallest absolute Gasteiger partial charge is 0.244 e. The predicted octanol–water partition coefficient (Wildman–Crippen LogP) is 3.28. The minimum absolute atomic E-state index is 0.0209. The van der Waals surface area contributed by atoms with Gasteiger partial charge < -0.3 is 4.74 Å². The van der Waals surface area contributed by atoms with Crippen LogP contribution in [0.4, 0.5) is 0 Å². The highest BCUT2D eigenvalue weighted by atomic mass is 79.9. The summed E-state index contributed by atoms with van der Waals surface area (Å²) in [6.45, 7) is 0.108. The Morgan fingerprint density at radius 1 is 1.22 bits per heavy atom. The van der Waals surface area contributed by atoms with Gasteiger partial charge in [-0.15, -0.1) is 6.42 Å². The summed E-state index contributed by atoms with van der Waals surface area (Å²) in [6, 6.07) is 13.7. The molecular weight excluding hydrogens is 378 g/mol. The van der Waals surface area contributed by atoms with Gasteiger partial charge in [0.05, 0.1) is 18.6 Å². The average Bonchev–Trinajstić information content (AvgIpc) is 2.55. The minimum atomic E-state index is -3.68. The molecule has 4 nitrogen and oxygen atoms in total. The first-order valence-electron chi connectivity index (χ1n) is 6.80. The molecule has 0 aromatic heterocycles. The quantitative estimate of drug-likeness (QED) is 0.707. The van der Waals surface area contributed by atoms with Gasteiger partial charge in [0.1, 0.15) is 5.75 Å². The standard InChI is InChI=1S/C17H16BrNO3S/c1-3-11-19(23(20,21)16-7-5-4-6-8-16)13-14-12-15(18)9-10-17(14)22-2/h1,4-10,12H,11,13H2,2H3. The zero-order valence-corrected chi connectivity index (χ0v) is 15.0. The predicted molar refractivity (Wildman–Crippen MR) is 93.6 cm³/mol. The number of methoxy groups -OCH3 is 1. The lowest BCUT2D eigenvalue weighted by atomic mass is 10.2. The van der Waals surface area contributed by atoms with Gasteiger partial charge >= 0.3 is 0 Å². The number of sulfonamides is 1. The molecule has 0 atom stereocenters. The summed E-state index contributed by atoms with van der Waals surface area (Å²) in [4.78, 5) is 0.212. The second-order valence-corrected chi connectivity index (χ2v) is 7.60. The van der Waals surface area contributed by atoms with E-state index in [0.717, 1.165) is 10.0 Å². The molecule has 0 aliphatic carbocycles. The molecule has 23 heavy (non-hydrogen) atoms. The molecule has 0 saturated heterocycles. The molecule has 0 radical (unpaired) electrons. The van der Waals surface area contributed by atoms with E-state index in [9.17, 15) is 8.42 Å². The van der Waals surface area contributed by atoms with Gasteiger partial charge in [-0.05, 0) is 30.3 Å². The second kappa shape index (κ2) is 7.64. The third-order valence-electron chi connectivity index (χ3n) is 3.24. The van der Waals surface area contributed by atoms with Crippen LogP contribution in [0, 0.1) is 12.3 Å². The van der Waals surface area contributed by atoms with Gasteiger partial charge in [-0.25, -0.2) is 8.42 Å². The van der Waals surface area contributed by atoms with E-state index in [1.165, 1.54) is 4.31 Å². The minimum Gasteiger partial charge on any atom is -0.496 e. The molecule has 2 aromatic carbocycles. The van der Waals surface area contributed by atoms with Crippen LogP contribution in [-0.2, 0) is 16.6 Å². The van der Waals surface area contributed by atoms with Gasteiger partial charge in [0.25, 0.3) is 0 Å². The number of halogens is 1. The highest BCUT2D eigenvalue weighted by Crippen LogP contribution is 2.26. The van der Waals surface area contributed by atoms with Crippen LogP contribution in [-0.4, -0.2) is 26.4 Å². The maximum atomic E-state index is 12.8. The topological polar surface area (TPSA) is 46.6 Å². The summed E-state index contributed by atoms with van der Waals surface area (Å²) in [7, 11) is -2.13. The van der Waals surface area contributed by atoms with Crippen molar-refractivity contribution < 1.29 is 13.2 Å². The number of hydrogen-bond acceptors (Lipinski definition) is 3. The maximum Gasteiger partial charge on any atom is 0.244 e. The molecule has 0 fully saturated rings. The second-order valence-electron chi connectivity index (χ2n) is 4.75. The molecule has 0 unspecified atom stereocenters. The molecule has 0 bridgehead atoms. The molecule has 2 rings (SSSR count). The molecule has 120 valence electrons. The van der Waals surface area contributed by atoms with Crippen molar-refractivity contribution in [1.82, 2.24) is 4.31 Å². The summed E-state index contributed by atoms with van der Waals surface area (Å²) < 4.78 is 33.0. The number of benzene rings is 2. The van der Waals surface area contributed by atoms with E-state index in [1.807, 2.05) is 12.1 Å². The normalized spacial score (nSPS) is 11.2. The molecule has 2 aromatic rings. The van der Waals surface area contributed by atoms with E-state index in [1.54, 1.807) is 43.5 Å². The van der Waals surface area contributed by atoms with E-state index in [0.29, 0.717) is 5.75 Å². The fraction of sp³-hybridized carbons (Fsp3) is 0.176. The van der Waals surface area contributed by atoms with Crippen molar-refractivity contribution in [3.05, 3.63) is 58.6 Å². The highest BCUT2D eigenvalue weighted by Gasteiger charge is 2.24. The van der Waals surface area contributed by atoms with Gasteiger partial charge in [-0.3, -0.25) is 0 Å². The van der Waals surface area contributed by atoms with Gasteiger partial charge in [0, 0.05) is 16.6 Å². The van der Waals surface area contributed by atoms with Crippen LogP contribution in [0.3, 0.4) is 0 Å². The largest absolute Gasteiger partial charge is 0.496 e. The van der Waals surface area contributed by atoms with E-state index in [4.69, 9.17) is 11.2 Å². The molecule has 0 amide bonds. The summed E-state index contributed by atoms with van der Waals surface area (Å²) in [5, 5.41) is 0. The Morgan fingerprint density at radius 3 is 2.52 bits per heavy atom. The van der Waals surface area contributed by atoms with Crippen molar-refractivity contribution in [2.24, 2.45) is 0 Å². The van der Waals surface area contributed by atoms with E-state index in [-0.39, 0.29) is 18.0 Å². The van der Waals surface area contributed by atoms with Gasteiger partial charge in [0.15, 0.2) is 0 Å². The summed E-state index contributed by atoms with van der Waals surface area (Å²) >= 11 is 3.39. The van der Waals surface area contributed by atoms with Crippen molar-refractivity contribution in [3.8, 4) is 18.1 Å². The monoisotopic (exact) mass is 393 g/mol. The zero-order chi connectivity index (χ0) is 16.9. The van der Waals surface area contributed by atoms with Crippen LogP contribution >= 0.6 is 15.9 Å². The van der Waals surface area contributed by atoms with Crippen LogP contribution in [0.1, 0.15) is 5.56 Å². The molecule has 0 heterocycles. The highest BCUT2D eigenvalue weighted by molar-refractivity contribution is 9.10. The molecule has 0 aliphatic heterocycles. The average molecular weight is 394 g/mol. The first-order chi connectivity index (χ1) is 11.0. The first-order valence-corrected chi connectivity index (χ1v) is 9.03. The van der Waals surface area contributed by atoms with Crippen LogP contribution < -0.4 is 4.74 Å². The van der Waals surface area contributed by atoms with E-state index < -0.39 is 10.0 Å². The van der Waals surface area contributed by atoms with Crippen molar-refractivity contribution in [1.29, 1.82) is 0 Å². The number of hydrogen-bond donors (Lipinski definition) is 0. The van der Waals surface area contributed by atoms with Gasteiger partial charge in [-0.2, -0.15) is 4.31 Å². The Hall–Kier alpha value is -1.81. The molecule has 6 heteroatoms. The third kappa shape index (κ3) is 4.14. The van der Waals surface area contributed by atoms with E-state index in [2.05, 4.69) is 21.9 Å². The molecule has 0 aliphatic rings. The third-order valence-corrected chi connectivity index (χ3v) is 5.54. The van der Waals surface area contributed by atoms with Crippen LogP contribution in [0.2, 0.25) is 0 Å². The van der Waals surface area contributed by atoms with E-state index >= 15 is 0 Å². The molecular formula is C17H16BrNO3S. The Morgan fingerprint density at radius 2 is 1.91 bits per heavy atom. The van der Waals surface area contributed by atoms with Crippen LogP contribution in [0.5, 0.6) is 5.75 Å². The van der Waals surface area contributed by atoms with Gasteiger partial charge in [0.2, 0.25) is 10.0 Å². The number of terminal acetylenes is 1. The Labute approximate surface area is 145 Å². The number of nitrogens with zero attached hydrogens (tertiary/aromatic N) is 1. The Balaban J connectivity index is 2.41. The molecule has 0 saturated carbocycles. The number of ether oxygens (including phenoxy) is 1. The van der Waals surface area contributed by atoms with Crippen molar-refractivity contribution >= 4 is 26.0 Å². The van der Waals surface area contributed by atoms with Crippen molar-refractivity contribution in [3.63, 3.8) is 0 Å². The number of rotatable bonds is 6. The fourth-order valence-corrected chi connectivity index (χ4v) is 3.89. The van der Waals surface area contributed by atoms with Crippen LogP contribution in [0.25, 0.3) is 0 Å². The zero-order valence-electron chi connectivity index (χ0n) is 12.6. The van der Waals surface area contributed by atoms with Crippen molar-refractivity contribution in [2.45, 2.75) is 11.4 Å². The Bertz CT molecular complexity index is 813.